The van der Waals surface area contributed by atoms with Crippen LogP contribution in [0.25, 0.3) is 11.3 Å². The summed E-state index contributed by atoms with van der Waals surface area (Å²) >= 11 is 7.19. The zero-order valence-electron chi connectivity index (χ0n) is 20.6. The normalized spacial score (nSPS) is 15.4. The SMILES string of the molecule is C/C(=C\S(=O)(=O)NC(C=O)CCN(C)c1ccc(-n2ccnc2CN2CCC2)cc1F)c1ccc(Cl)s1. The lowest BCUT2D eigenvalue weighted by Crippen LogP contribution is -2.37. The number of aldehydes is 1. The Morgan fingerprint density at radius 2 is 2.11 bits per heavy atom. The molecule has 1 atom stereocenters. The molecule has 1 fully saturated rings. The minimum absolute atomic E-state index is 0.166. The molecule has 4 rings (SSSR count). The first-order chi connectivity index (χ1) is 17.6. The van der Waals surface area contributed by atoms with Crippen LogP contribution in [0.2, 0.25) is 4.34 Å². The third-order valence-corrected chi connectivity index (χ3v) is 8.86. The molecule has 1 aromatic carbocycles. The van der Waals surface area contributed by atoms with E-state index in [1.54, 1.807) is 43.3 Å². The number of rotatable bonds is 12. The van der Waals surface area contributed by atoms with Gasteiger partial charge in [0.25, 0.3) is 0 Å². The van der Waals surface area contributed by atoms with Crippen molar-refractivity contribution in [3.8, 4) is 5.69 Å². The van der Waals surface area contributed by atoms with Crippen LogP contribution in [0.4, 0.5) is 10.1 Å². The Labute approximate surface area is 225 Å². The minimum atomic E-state index is -3.88. The fraction of sp³-hybridized carbons (Fsp3) is 0.360. The minimum Gasteiger partial charge on any atom is -0.372 e. The van der Waals surface area contributed by atoms with Gasteiger partial charge in [0.15, 0.2) is 0 Å². The van der Waals surface area contributed by atoms with Crippen molar-refractivity contribution in [2.45, 2.75) is 32.4 Å². The molecule has 8 nitrogen and oxygen atoms in total. The highest BCUT2D eigenvalue weighted by Crippen LogP contribution is 2.28. The van der Waals surface area contributed by atoms with E-state index in [1.807, 2.05) is 16.8 Å². The van der Waals surface area contributed by atoms with Gasteiger partial charge in [-0.15, -0.1) is 11.3 Å². The van der Waals surface area contributed by atoms with Gasteiger partial charge in [-0.05, 0) is 62.7 Å². The monoisotopic (exact) mass is 565 g/mol. The number of likely N-dealkylation sites (tertiary alicyclic amines) is 1. The molecule has 0 bridgehead atoms. The van der Waals surface area contributed by atoms with Crippen molar-refractivity contribution in [3.05, 3.63) is 69.0 Å². The quantitative estimate of drug-likeness (QED) is 0.329. The Kier molecular flexibility index (Phi) is 8.81. The number of carbonyl (C=O) groups is 1. The van der Waals surface area contributed by atoms with Gasteiger partial charge in [0.2, 0.25) is 10.0 Å². The smallest absolute Gasteiger partial charge is 0.234 e. The molecular weight excluding hydrogens is 537 g/mol. The number of anilines is 1. The number of allylic oxidation sites excluding steroid dienone is 1. The summed E-state index contributed by atoms with van der Waals surface area (Å²) in [4.78, 5) is 20.7. The first-order valence-corrected chi connectivity index (χ1v) is 14.6. The maximum atomic E-state index is 15.1. The van der Waals surface area contributed by atoms with Gasteiger partial charge in [-0.2, -0.15) is 0 Å². The van der Waals surface area contributed by atoms with E-state index in [0.29, 0.717) is 27.6 Å². The molecule has 0 saturated carbocycles. The van der Waals surface area contributed by atoms with E-state index in [4.69, 9.17) is 11.6 Å². The second kappa shape index (κ2) is 11.9. The number of thiophene rings is 1. The number of aromatic nitrogens is 2. The largest absolute Gasteiger partial charge is 0.372 e. The lowest BCUT2D eigenvalue weighted by Gasteiger charge is -2.30. The van der Waals surface area contributed by atoms with Gasteiger partial charge in [-0.1, -0.05) is 11.6 Å². The summed E-state index contributed by atoms with van der Waals surface area (Å²) in [5, 5.41) is 1.08. The van der Waals surface area contributed by atoms with Gasteiger partial charge in [-0.25, -0.2) is 22.5 Å². The number of nitrogens with zero attached hydrogens (tertiary/aromatic N) is 4. The number of halogens is 2. The number of benzene rings is 1. The number of hydrogen-bond acceptors (Lipinski definition) is 7. The predicted octanol–water partition coefficient (Wildman–Crippen LogP) is 4.31. The molecule has 1 aliphatic rings. The van der Waals surface area contributed by atoms with Crippen molar-refractivity contribution in [2.75, 3.05) is 31.6 Å². The van der Waals surface area contributed by atoms with Crippen LogP contribution in [0.3, 0.4) is 0 Å². The number of carbonyl (C=O) groups excluding carboxylic acids is 1. The van der Waals surface area contributed by atoms with Crippen LogP contribution in [0.15, 0.2) is 48.1 Å². The third kappa shape index (κ3) is 7.05. The summed E-state index contributed by atoms with van der Waals surface area (Å²) in [5.74, 6) is 0.438. The summed E-state index contributed by atoms with van der Waals surface area (Å²) in [6, 6.07) is 7.42. The topological polar surface area (TPSA) is 87.5 Å². The number of nitrogens with one attached hydrogen (secondary N) is 1. The second-order valence-corrected chi connectivity index (χ2v) is 12.3. The maximum Gasteiger partial charge on any atom is 0.234 e. The molecule has 0 aliphatic carbocycles. The molecule has 0 radical (unpaired) electrons. The van der Waals surface area contributed by atoms with Crippen molar-refractivity contribution in [1.82, 2.24) is 19.2 Å². The van der Waals surface area contributed by atoms with Crippen molar-refractivity contribution in [2.24, 2.45) is 0 Å². The molecule has 2 aromatic heterocycles. The zero-order chi connectivity index (χ0) is 26.6. The Hall–Kier alpha value is -2.57. The van der Waals surface area contributed by atoms with Crippen molar-refractivity contribution in [3.63, 3.8) is 0 Å². The maximum absolute atomic E-state index is 15.1. The van der Waals surface area contributed by atoms with Crippen molar-refractivity contribution in [1.29, 1.82) is 0 Å². The van der Waals surface area contributed by atoms with Gasteiger partial charge >= 0.3 is 0 Å². The zero-order valence-corrected chi connectivity index (χ0v) is 23.0. The van der Waals surface area contributed by atoms with E-state index >= 15 is 4.39 Å². The Morgan fingerprint density at radius 3 is 2.73 bits per heavy atom. The molecule has 1 aliphatic heterocycles. The number of imidazole rings is 1. The van der Waals surface area contributed by atoms with Gasteiger partial charge in [0, 0.05) is 42.6 Å². The standard InChI is InChI=1S/C25H29ClFN5O3S2/c1-18(23-6-7-24(26)36-23)17-37(34,35)29-19(16-33)8-12-30(2)22-5-4-20(14-21(22)27)32-13-9-28-25(32)15-31-10-3-11-31/h4-7,9,13-14,16-17,19,29H,3,8,10-12,15H2,1-2H3/b18-17+. The summed E-state index contributed by atoms with van der Waals surface area (Å²) in [6.45, 7) is 4.73. The fourth-order valence-electron chi connectivity index (χ4n) is 4.05. The van der Waals surface area contributed by atoms with Crippen molar-refractivity contribution >= 4 is 50.5 Å². The van der Waals surface area contributed by atoms with Crippen LogP contribution in [0, 0.1) is 5.82 Å². The Morgan fingerprint density at radius 1 is 1.32 bits per heavy atom. The molecule has 12 heteroatoms. The third-order valence-electron chi connectivity index (χ3n) is 6.20. The summed E-state index contributed by atoms with van der Waals surface area (Å²) in [6.07, 6.45) is 5.43. The van der Waals surface area contributed by atoms with E-state index in [9.17, 15) is 13.2 Å². The molecular formula is C25H29ClFN5O3S2. The first kappa shape index (κ1) is 27.5. The molecule has 0 spiro atoms. The van der Waals surface area contributed by atoms with Gasteiger partial charge in [0.1, 0.15) is 17.9 Å². The first-order valence-electron chi connectivity index (χ1n) is 11.8. The molecule has 3 aromatic rings. The number of hydrogen-bond donors (Lipinski definition) is 1. The molecule has 37 heavy (non-hydrogen) atoms. The van der Waals surface area contributed by atoms with E-state index in [0.717, 1.165) is 35.7 Å². The summed E-state index contributed by atoms with van der Waals surface area (Å²) < 4.78 is 45.0. The highest BCUT2D eigenvalue weighted by molar-refractivity contribution is 7.92. The van der Waals surface area contributed by atoms with Gasteiger partial charge in [-0.3, -0.25) is 4.90 Å². The van der Waals surface area contributed by atoms with Crippen LogP contribution >= 0.6 is 22.9 Å². The molecule has 1 N–H and O–H groups in total. The highest BCUT2D eigenvalue weighted by atomic mass is 35.5. The van der Waals surface area contributed by atoms with Crippen molar-refractivity contribution < 1.29 is 17.6 Å². The molecule has 1 saturated heterocycles. The highest BCUT2D eigenvalue weighted by Gasteiger charge is 2.20. The second-order valence-electron chi connectivity index (χ2n) is 9.00. The summed E-state index contributed by atoms with van der Waals surface area (Å²) in [7, 11) is -2.18. The van der Waals surface area contributed by atoms with Gasteiger partial charge in [0.05, 0.1) is 28.0 Å². The average Bonchev–Trinajstić information content (AvgIpc) is 3.47. The van der Waals surface area contributed by atoms with Crippen LogP contribution < -0.4 is 9.62 Å². The lowest BCUT2D eigenvalue weighted by molar-refractivity contribution is -0.109. The molecule has 198 valence electrons. The van der Waals surface area contributed by atoms with Gasteiger partial charge < -0.3 is 14.3 Å². The number of sulfonamides is 1. The molecule has 0 amide bonds. The van der Waals surface area contributed by atoms with Crippen LogP contribution in [0.1, 0.15) is 30.5 Å². The summed E-state index contributed by atoms with van der Waals surface area (Å²) in [5.41, 5.74) is 1.54. The predicted molar refractivity (Wildman–Crippen MR) is 146 cm³/mol. The van der Waals surface area contributed by atoms with E-state index in [1.165, 1.54) is 23.8 Å². The average molecular weight is 566 g/mol. The van der Waals surface area contributed by atoms with Crippen LogP contribution in [-0.2, 0) is 21.4 Å². The van der Waals surface area contributed by atoms with E-state index in [2.05, 4.69) is 14.6 Å². The molecule has 3 heterocycles. The van der Waals surface area contributed by atoms with Crippen LogP contribution in [0.5, 0.6) is 0 Å². The van der Waals surface area contributed by atoms with E-state index < -0.39 is 21.9 Å². The fourth-order valence-corrected chi connectivity index (χ4v) is 6.40. The van der Waals surface area contributed by atoms with Crippen LogP contribution in [-0.4, -0.2) is 61.9 Å². The van der Waals surface area contributed by atoms with E-state index in [-0.39, 0.29) is 13.0 Å². The Bertz CT molecular complexity index is 1380. The Balaban J connectivity index is 1.37. The molecule has 1 unspecified atom stereocenters. The lowest BCUT2D eigenvalue weighted by atomic mass is 10.2.